The smallest absolute Gasteiger partial charge is 0.152 e. The summed E-state index contributed by atoms with van der Waals surface area (Å²) in [5, 5.41) is 3.81. The second-order valence-electron chi connectivity index (χ2n) is 6.41. The third kappa shape index (κ3) is 5.00. The Morgan fingerprint density at radius 1 is 1.29 bits per heavy atom. The number of carbonyl (C=O) groups excluding carboxylic acids is 1. The third-order valence-corrected chi connectivity index (χ3v) is 6.05. The third-order valence-electron chi connectivity index (χ3n) is 4.66. The largest absolute Gasteiger partial charge is 0.377 e. The summed E-state index contributed by atoms with van der Waals surface area (Å²) < 4.78 is 0. The van der Waals surface area contributed by atoms with Crippen molar-refractivity contribution in [2.45, 2.75) is 70.4 Å². The molecule has 1 aromatic rings. The van der Waals surface area contributed by atoms with Gasteiger partial charge in [-0.05, 0) is 30.5 Å². The average molecular weight is 351 g/mol. The van der Waals surface area contributed by atoms with E-state index in [4.69, 9.17) is 0 Å². The lowest BCUT2D eigenvalue weighted by Gasteiger charge is -2.32. The molecule has 1 heterocycles. The van der Waals surface area contributed by atoms with E-state index in [-0.39, 0.29) is 5.54 Å². The number of nitrogens with one attached hydrogen (secondary N) is 1. The number of carbonyl (C=O) groups is 1. The molecular formula is C20H34N2OS. The van der Waals surface area contributed by atoms with Crippen molar-refractivity contribution in [2.24, 2.45) is 0 Å². The van der Waals surface area contributed by atoms with Gasteiger partial charge in [-0.3, -0.25) is 4.79 Å². The second-order valence-corrected chi connectivity index (χ2v) is 7.43. The number of hydrogen-bond donors (Lipinski definition) is 1. The Kier molecular flexibility index (Phi) is 8.85. The first-order valence-corrected chi connectivity index (χ1v) is 10.2. The van der Waals surface area contributed by atoms with Gasteiger partial charge in [-0.15, -0.1) is 11.8 Å². The van der Waals surface area contributed by atoms with Gasteiger partial charge in [-0.1, -0.05) is 40.5 Å². The van der Waals surface area contributed by atoms with E-state index in [0.717, 1.165) is 36.3 Å². The zero-order valence-electron chi connectivity index (χ0n) is 16.2. The molecular weight excluding hydrogens is 316 g/mol. The van der Waals surface area contributed by atoms with Crippen LogP contribution in [0.4, 0.5) is 5.69 Å². The summed E-state index contributed by atoms with van der Waals surface area (Å²) in [6, 6.07) is 4.24. The monoisotopic (exact) mass is 350 g/mol. The van der Waals surface area contributed by atoms with Gasteiger partial charge in [0.2, 0.25) is 0 Å². The van der Waals surface area contributed by atoms with Gasteiger partial charge >= 0.3 is 0 Å². The van der Waals surface area contributed by atoms with Crippen molar-refractivity contribution in [3.63, 3.8) is 0 Å². The zero-order valence-corrected chi connectivity index (χ0v) is 17.1. The topological polar surface area (TPSA) is 32.3 Å². The summed E-state index contributed by atoms with van der Waals surface area (Å²) >= 11 is 1.90. The molecule has 1 aliphatic heterocycles. The number of anilines is 1. The Morgan fingerprint density at radius 3 is 2.54 bits per heavy atom. The molecule has 24 heavy (non-hydrogen) atoms. The number of thioether (sulfide) groups is 1. The Labute approximate surface area is 152 Å². The maximum absolute atomic E-state index is 11.4. The highest BCUT2D eigenvalue weighted by Gasteiger charge is 2.30. The van der Waals surface area contributed by atoms with E-state index in [9.17, 15) is 4.79 Å². The van der Waals surface area contributed by atoms with Gasteiger partial charge in [0.15, 0.2) is 6.29 Å². The van der Waals surface area contributed by atoms with Crippen LogP contribution in [0.5, 0.6) is 0 Å². The molecule has 0 saturated heterocycles. The van der Waals surface area contributed by atoms with Crippen molar-refractivity contribution >= 4 is 23.7 Å². The van der Waals surface area contributed by atoms with E-state index < -0.39 is 0 Å². The quantitative estimate of drug-likeness (QED) is 0.721. The minimum atomic E-state index is 0.222. The molecule has 1 N–H and O–H groups in total. The predicted molar refractivity (Wildman–Crippen MR) is 108 cm³/mol. The summed E-state index contributed by atoms with van der Waals surface area (Å²) in [6.07, 6.45) is 5.84. The van der Waals surface area contributed by atoms with Crippen molar-refractivity contribution < 1.29 is 4.79 Å². The number of fused-ring (bicyclic) bond motifs is 1. The number of benzene rings is 1. The van der Waals surface area contributed by atoms with Crippen LogP contribution in [-0.4, -0.2) is 31.7 Å². The van der Waals surface area contributed by atoms with Crippen molar-refractivity contribution in [3.05, 3.63) is 23.3 Å². The highest BCUT2D eigenvalue weighted by atomic mass is 32.2. The number of unbranched alkanes of at least 4 members (excludes halogenated alkanes) is 1. The summed E-state index contributed by atoms with van der Waals surface area (Å²) in [7, 11) is 3.98. The molecule has 0 bridgehead atoms. The van der Waals surface area contributed by atoms with E-state index in [1.807, 2.05) is 44.6 Å². The number of hydrogen-bond acceptors (Lipinski definition) is 4. The lowest BCUT2D eigenvalue weighted by molar-refractivity contribution is 0.112. The maximum Gasteiger partial charge on any atom is 0.152 e. The van der Waals surface area contributed by atoms with E-state index in [1.165, 1.54) is 29.7 Å². The second kappa shape index (κ2) is 10.1. The van der Waals surface area contributed by atoms with E-state index in [2.05, 4.69) is 31.3 Å². The molecule has 2 rings (SSSR count). The first-order chi connectivity index (χ1) is 11.5. The van der Waals surface area contributed by atoms with Crippen molar-refractivity contribution in [1.29, 1.82) is 0 Å². The molecule has 0 saturated carbocycles. The van der Waals surface area contributed by atoms with Gasteiger partial charge in [0, 0.05) is 48.1 Å². The lowest BCUT2D eigenvalue weighted by atomic mass is 9.91. The molecule has 0 unspecified atom stereocenters. The van der Waals surface area contributed by atoms with Crippen molar-refractivity contribution in [1.82, 2.24) is 5.32 Å². The minimum absolute atomic E-state index is 0.222. The molecule has 0 aliphatic carbocycles. The molecule has 0 fully saturated rings. The van der Waals surface area contributed by atoms with Crippen LogP contribution in [0.15, 0.2) is 17.0 Å². The van der Waals surface area contributed by atoms with Gasteiger partial charge in [0.05, 0.1) is 0 Å². The first-order valence-electron chi connectivity index (χ1n) is 9.22. The SMILES string of the molecule is CC.CCCC[C@]1(CC)CSc2cc(C=O)c(N(C)C)cc2CN1. The van der Waals surface area contributed by atoms with Crippen LogP contribution < -0.4 is 10.2 Å². The van der Waals surface area contributed by atoms with Gasteiger partial charge in [0.25, 0.3) is 0 Å². The molecule has 0 spiro atoms. The van der Waals surface area contributed by atoms with Crippen LogP contribution in [-0.2, 0) is 6.54 Å². The summed E-state index contributed by atoms with van der Waals surface area (Å²) in [6.45, 7) is 9.42. The Bertz CT molecular complexity index is 531. The molecule has 3 nitrogen and oxygen atoms in total. The maximum atomic E-state index is 11.4. The van der Waals surface area contributed by atoms with Gasteiger partial charge < -0.3 is 10.2 Å². The zero-order chi connectivity index (χ0) is 18.2. The summed E-state index contributed by atoms with van der Waals surface area (Å²) in [5.41, 5.74) is 3.33. The molecule has 1 aromatic carbocycles. The Hall–Kier alpha value is -1.00. The van der Waals surface area contributed by atoms with Crippen LogP contribution in [0.3, 0.4) is 0 Å². The van der Waals surface area contributed by atoms with Gasteiger partial charge in [-0.2, -0.15) is 0 Å². The number of nitrogens with zero attached hydrogens (tertiary/aromatic N) is 1. The molecule has 0 aromatic heterocycles. The van der Waals surface area contributed by atoms with Crippen LogP contribution in [0, 0.1) is 0 Å². The average Bonchev–Trinajstić information content (AvgIpc) is 2.80. The van der Waals surface area contributed by atoms with Crippen LogP contribution >= 0.6 is 11.8 Å². The molecule has 0 radical (unpaired) electrons. The number of aldehydes is 1. The van der Waals surface area contributed by atoms with Gasteiger partial charge in [0.1, 0.15) is 0 Å². The van der Waals surface area contributed by atoms with E-state index in [1.54, 1.807) is 0 Å². The molecule has 0 amide bonds. The summed E-state index contributed by atoms with van der Waals surface area (Å²) in [4.78, 5) is 14.7. The fraction of sp³-hybridized carbons (Fsp3) is 0.650. The fourth-order valence-electron chi connectivity index (χ4n) is 3.01. The van der Waals surface area contributed by atoms with Crippen LogP contribution in [0.25, 0.3) is 0 Å². The molecule has 136 valence electrons. The van der Waals surface area contributed by atoms with Crippen molar-refractivity contribution in [2.75, 3.05) is 24.7 Å². The molecule has 1 atom stereocenters. The Morgan fingerprint density at radius 2 is 2.00 bits per heavy atom. The highest BCUT2D eigenvalue weighted by molar-refractivity contribution is 7.99. The first kappa shape index (κ1) is 21.0. The normalized spacial score (nSPS) is 19.6. The van der Waals surface area contributed by atoms with Crippen molar-refractivity contribution in [3.8, 4) is 0 Å². The standard InChI is InChI=1S/C18H28N2OS.C2H6/c1-5-7-8-18(6-2)13-22-17-10-15(12-21)16(20(3)4)9-14(17)11-19-18;1-2/h9-10,12,19H,5-8,11,13H2,1-4H3;1-2H3/t18-;/m1./s1. The van der Waals surface area contributed by atoms with Crippen LogP contribution in [0.1, 0.15) is 69.3 Å². The fourth-order valence-corrected chi connectivity index (χ4v) is 4.42. The highest BCUT2D eigenvalue weighted by Crippen LogP contribution is 2.36. The minimum Gasteiger partial charge on any atom is -0.377 e. The van der Waals surface area contributed by atoms with Crippen LogP contribution in [0.2, 0.25) is 0 Å². The predicted octanol–water partition coefficient (Wildman–Crippen LogP) is 5.13. The molecule has 4 heteroatoms. The molecule has 1 aliphatic rings. The van der Waals surface area contributed by atoms with E-state index in [0.29, 0.717) is 0 Å². The van der Waals surface area contributed by atoms with Gasteiger partial charge in [-0.25, -0.2) is 0 Å². The lowest BCUT2D eigenvalue weighted by Crippen LogP contribution is -2.45. The summed E-state index contributed by atoms with van der Waals surface area (Å²) in [5.74, 6) is 1.08. The van der Waals surface area contributed by atoms with E-state index >= 15 is 0 Å². The number of rotatable bonds is 6. The Balaban J connectivity index is 0.00000139.